The molecular formula is C22H33N3O5. The molecule has 4 amide bonds. The van der Waals surface area contributed by atoms with Gasteiger partial charge < -0.3 is 20.1 Å². The third-order valence-electron chi connectivity index (χ3n) is 5.01. The van der Waals surface area contributed by atoms with E-state index in [1.165, 1.54) is 0 Å². The summed E-state index contributed by atoms with van der Waals surface area (Å²) in [4.78, 5) is 38.8. The summed E-state index contributed by atoms with van der Waals surface area (Å²) < 4.78 is 11.0. The molecule has 2 N–H and O–H groups in total. The lowest BCUT2D eigenvalue weighted by molar-refractivity contribution is -0.133. The van der Waals surface area contributed by atoms with Gasteiger partial charge in [-0.25, -0.2) is 4.79 Å². The number of carbonyl (C=O) groups is 3. The van der Waals surface area contributed by atoms with E-state index in [9.17, 15) is 14.4 Å². The number of carbonyl (C=O) groups excluding carboxylic acids is 3. The molecule has 30 heavy (non-hydrogen) atoms. The molecule has 0 spiro atoms. The Labute approximate surface area is 178 Å². The molecule has 1 fully saturated rings. The quantitative estimate of drug-likeness (QED) is 0.398. The average Bonchev–Trinajstić information content (AvgIpc) is 2.91. The molecule has 8 nitrogen and oxygen atoms in total. The van der Waals surface area contributed by atoms with Crippen molar-refractivity contribution in [3.63, 3.8) is 0 Å². The lowest BCUT2D eigenvalue weighted by Gasteiger charge is -2.21. The van der Waals surface area contributed by atoms with Crippen LogP contribution in [0.15, 0.2) is 18.2 Å². The van der Waals surface area contributed by atoms with Crippen LogP contribution in [0, 0.1) is 0 Å². The molecule has 1 aliphatic rings. The highest BCUT2D eigenvalue weighted by molar-refractivity contribution is 6.10. The average molecular weight is 420 g/mol. The first-order valence-corrected chi connectivity index (χ1v) is 10.7. The fraction of sp³-hybridized carbons (Fsp3) is 0.591. The van der Waals surface area contributed by atoms with E-state index >= 15 is 0 Å². The molecule has 0 bridgehead atoms. The highest BCUT2D eigenvalue weighted by Crippen LogP contribution is 2.30. The Bertz CT molecular complexity index is 767. The van der Waals surface area contributed by atoms with Crippen LogP contribution in [0.4, 0.5) is 10.5 Å². The third-order valence-corrected chi connectivity index (χ3v) is 5.01. The number of unbranched alkanes of at least 4 members (excludes halogenated alkanes) is 3. The van der Waals surface area contributed by atoms with E-state index in [1.54, 1.807) is 25.1 Å². The second-order valence-corrected chi connectivity index (χ2v) is 7.54. The third kappa shape index (κ3) is 5.87. The monoisotopic (exact) mass is 419 g/mol. The summed E-state index contributed by atoms with van der Waals surface area (Å²) in [6, 6.07) is 4.59. The molecule has 0 saturated carbocycles. The zero-order chi connectivity index (χ0) is 22.1. The van der Waals surface area contributed by atoms with Crippen molar-refractivity contribution in [2.24, 2.45) is 0 Å². The van der Waals surface area contributed by atoms with E-state index in [2.05, 4.69) is 17.6 Å². The van der Waals surface area contributed by atoms with E-state index in [1.807, 2.05) is 13.8 Å². The summed E-state index contributed by atoms with van der Waals surface area (Å²) in [5.74, 6) is 0.230. The van der Waals surface area contributed by atoms with Crippen molar-refractivity contribution in [1.82, 2.24) is 10.2 Å². The second-order valence-electron chi connectivity index (χ2n) is 7.54. The lowest BCUT2D eigenvalue weighted by Crippen LogP contribution is -2.44. The van der Waals surface area contributed by atoms with Crippen LogP contribution in [0.1, 0.15) is 59.8 Å². The first-order valence-electron chi connectivity index (χ1n) is 10.7. The maximum absolute atomic E-state index is 12.8. The zero-order valence-corrected chi connectivity index (χ0v) is 18.4. The Morgan fingerprint density at radius 3 is 2.50 bits per heavy atom. The summed E-state index contributed by atoms with van der Waals surface area (Å²) >= 11 is 0. The van der Waals surface area contributed by atoms with Gasteiger partial charge in [0, 0.05) is 6.07 Å². The molecule has 1 saturated heterocycles. The van der Waals surface area contributed by atoms with Gasteiger partial charge in [-0.05, 0) is 39.3 Å². The fourth-order valence-corrected chi connectivity index (χ4v) is 3.44. The SMILES string of the molecule is CCCCCCC1(C)NC(=O)N(CC(=O)Nc2cc(OCC)ccc2OCC)C1=O. The second kappa shape index (κ2) is 10.8. The van der Waals surface area contributed by atoms with Gasteiger partial charge in [0.25, 0.3) is 5.91 Å². The van der Waals surface area contributed by atoms with Gasteiger partial charge in [-0.2, -0.15) is 0 Å². The van der Waals surface area contributed by atoms with Crippen molar-refractivity contribution in [3.05, 3.63) is 18.2 Å². The van der Waals surface area contributed by atoms with Gasteiger partial charge in [0.05, 0.1) is 18.9 Å². The molecule has 1 aromatic rings. The molecule has 0 radical (unpaired) electrons. The predicted octanol–water partition coefficient (Wildman–Crippen LogP) is 3.70. The number of hydrogen-bond acceptors (Lipinski definition) is 5. The largest absolute Gasteiger partial charge is 0.494 e. The van der Waals surface area contributed by atoms with E-state index in [-0.39, 0.29) is 12.5 Å². The Morgan fingerprint density at radius 1 is 1.10 bits per heavy atom. The van der Waals surface area contributed by atoms with Crippen LogP contribution in [0.3, 0.4) is 0 Å². The van der Waals surface area contributed by atoms with Gasteiger partial charge in [0.1, 0.15) is 23.6 Å². The summed E-state index contributed by atoms with van der Waals surface area (Å²) in [5.41, 5.74) is -0.529. The molecule has 0 aromatic heterocycles. The van der Waals surface area contributed by atoms with Gasteiger partial charge in [0.15, 0.2) is 0 Å². The number of amides is 4. The van der Waals surface area contributed by atoms with Gasteiger partial charge in [-0.1, -0.05) is 32.6 Å². The maximum atomic E-state index is 12.8. The summed E-state index contributed by atoms with van der Waals surface area (Å²) in [7, 11) is 0. The highest BCUT2D eigenvalue weighted by Gasteiger charge is 2.47. The van der Waals surface area contributed by atoms with Crippen LogP contribution >= 0.6 is 0 Å². The molecule has 1 atom stereocenters. The number of nitrogens with zero attached hydrogens (tertiary/aromatic N) is 1. The standard InChI is InChI=1S/C22H33N3O5/c1-5-8-9-10-13-22(4)20(27)25(21(28)24-22)15-19(26)23-17-14-16(29-6-2)11-12-18(17)30-7-3/h11-12,14H,5-10,13,15H2,1-4H3,(H,23,26)(H,24,28). The molecule has 1 unspecified atom stereocenters. The van der Waals surface area contributed by atoms with E-state index in [0.29, 0.717) is 36.8 Å². The van der Waals surface area contributed by atoms with Crippen molar-refractivity contribution >= 4 is 23.5 Å². The Kier molecular flexibility index (Phi) is 8.50. The van der Waals surface area contributed by atoms with Crippen molar-refractivity contribution in [2.75, 3.05) is 25.1 Å². The summed E-state index contributed by atoms with van der Waals surface area (Å²) in [5, 5.41) is 5.48. The summed E-state index contributed by atoms with van der Waals surface area (Å²) in [6.07, 6.45) is 4.59. The minimum atomic E-state index is -0.962. The van der Waals surface area contributed by atoms with E-state index in [4.69, 9.17) is 9.47 Å². The smallest absolute Gasteiger partial charge is 0.325 e. The molecule has 1 aliphatic heterocycles. The number of ether oxygens (including phenoxy) is 2. The van der Waals surface area contributed by atoms with Crippen molar-refractivity contribution in [2.45, 2.75) is 65.3 Å². The number of imide groups is 1. The van der Waals surface area contributed by atoms with Crippen LogP contribution in [0.25, 0.3) is 0 Å². The van der Waals surface area contributed by atoms with Gasteiger partial charge in [0.2, 0.25) is 5.91 Å². The molecule has 8 heteroatoms. The van der Waals surface area contributed by atoms with Gasteiger partial charge >= 0.3 is 6.03 Å². The number of rotatable bonds is 12. The first kappa shape index (κ1) is 23.5. The van der Waals surface area contributed by atoms with Crippen molar-refractivity contribution < 1.29 is 23.9 Å². The van der Waals surface area contributed by atoms with Crippen LogP contribution in [-0.2, 0) is 9.59 Å². The summed E-state index contributed by atoms with van der Waals surface area (Å²) in [6.45, 7) is 8.10. The normalized spacial score (nSPS) is 18.3. The maximum Gasteiger partial charge on any atom is 0.325 e. The van der Waals surface area contributed by atoms with Crippen LogP contribution in [0.2, 0.25) is 0 Å². The van der Waals surface area contributed by atoms with Crippen LogP contribution in [0.5, 0.6) is 11.5 Å². The van der Waals surface area contributed by atoms with Crippen molar-refractivity contribution in [1.29, 1.82) is 0 Å². The molecule has 2 rings (SSSR count). The Hall–Kier alpha value is -2.77. The Morgan fingerprint density at radius 2 is 1.83 bits per heavy atom. The number of benzene rings is 1. The molecular weight excluding hydrogens is 386 g/mol. The van der Waals surface area contributed by atoms with Gasteiger partial charge in [-0.15, -0.1) is 0 Å². The number of urea groups is 1. The van der Waals surface area contributed by atoms with Crippen molar-refractivity contribution in [3.8, 4) is 11.5 Å². The van der Waals surface area contributed by atoms with Crippen LogP contribution in [-0.4, -0.2) is 48.0 Å². The number of nitrogens with one attached hydrogen (secondary N) is 2. The van der Waals surface area contributed by atoms with Crippen LogP contribution < -0.4 is 20.1 Å². The van der Waals surface area contributed by atoms with E-state index in [0.717, 1.165) is 30.6 Å². The molecule has 1 aromatic carbocycles. The highest BCUT2D eigenvalue weighted by atomic mass is 16.5. The zero-order valence-electron chi connectivity index (χ0n) is 18.4. The predicted molar refractivity (Wildman–Crippen MR) is 115 cm³/mol. The topological polar surface area (TPSA) is 97.0 Å². The minimum Gasteiger partial charge on any atom is -0.494 e. The number of anilines is 1. The number of hydrogen-bond donors (Lipinski definition) is 2. The Balaban J connectivity index is 2.04. The van der Waals surface area contributed by atoms with E-state index < -0.39 is 17.5 Å². The minimum absolute atomic E-state index is 0.361. The lowest BCUT2D eigenvalue weighted by atomic mass is 9.94. The van der Waals surface area contributed by atoms with Gasteiger partial charge in [-0.3, -0.25) is 14.5 Å². The first-order chi connectivity index (χ1) is 14.3. The fourth-order valence-electron chi connectivity index (χ4n) is 3.44. The molecule has 1 heterocycles. The molecule has 166 valence electrons. The molecule has 0 aliphatic carbocycles.